The van der Waals surface area contributed by atoms with Crippen molar-refractivity contribution >= 4 is 44.8 Å². The molecule has 3 amide bonds. The molecule has 1 fully saturated rings. The van der Waals surface area contributed by atoms with Crippen LogP contribution in [0.25, 0.3) is 0 Å². The monoisotopic (exact) mass is 459 g/mol. The maximum absolute atomic E-state index is 13.2. The molecule has 31 heavy (non-hydrogen) atoms. The zero-order valence-electron chi connectivity index (χ0n) is 16.0. The number of primary sulfonamides is 1. The van der Waals surface area contributed by atoms with Gasteiger partial charge in [-0.05, 0) is 47.8 Å². The number of thiophene rings is 1. The summed E-state index contributed by atoms with van der Waals surface area (Å²) in [6.07, 6.45) is 1.26. The Morgan fingerprint density at radius 2 is 1.90 bits per heavy atom. The van der Waals surface area contributed by atoms with Crippen molar-refractivity contribution in [3.05, 3.63) is 70.8 Å². The molecule has 2 aromatic heterocycles. The Hall–Kier alpha value is -3.28. The predicted octanol–water partition coefficient (Wildman–Crippen LogP) is 1.96. The van der Waals surface area contributed by atoms with E-state index in [1.807, 2.05) is 0 Å². The van der Waals surface area contributed by atoms with Gasteiger partial charge in [-0.3, -0.25) is 14.4 Å². The van der Waals surface area contributed by atoms with Crippen molar-refractivity contribution in [2.45, 2.75) is 23.9 Å². The number of amides is 3. The van der Waals surface area contributed by atoms with Crippen molar-refractivity contribution in [2.24, 2.45) is 5.14 Å². The number of rotatable bonds is 6. The molecule has 1 aliphatic heterocycles. The van der Waals surface area contributed by atoms with E-state index in [0.717, 1.165) is 4.90 Å². The van der Waals surface area contributed by atoms with E-state index in [9.17, 15) is 22.8 Å². The van der Waals surface area contributed by atoms with Gasteiger partial charge < -0.3 is 9.32 Å². The van der Waals surface area contributed by atoms with E-state index in [-0.39, 0.29) is 29.5 Å². The molecule has 1 saturated heterocycles. The number of hydrogen-bond acceptors (Lipinski definition) is 7. The molecule has 0 bridgehead atoms. The van der Waals surface area contributed by atoms with Crippen molar-refractivity contribution < 1.29 is 27.2 Å². The van der Waals surface area contributed by atoms with Crippen LogP contribution in [-0.2, 0) is 26.2 Å². The number of sulfonamides is 1. The lowest BCUT2D eigenvalue weighted by atomic mass is 10.2. The van der Waals surface area contributed by atoms with Crippen LogP contribution in [-0.4, -0.2) is 37.1 Å². The zero-order chi connectivity index (χ0) is 22.2. The lowest BCUT2D eigenvalue weighted by Crippen LogP contribution is -2.44. The molecule has 0 radical (unpaired) electrons. The second kappa shape index (κ2) is 8.10. The third kappa shape index (κ3) is 4.15. The SMILES string of the molecule is NS(=O)(=O)c1ccc(N2C(=O)CC(N(Cc3ccco3)C(=O)c3cccs3)C2=O)cc1. The Balaban J connectivity index is 1.65. The summed E-state index contributed by atoms with van der Waals surface area (Å²) in [5.74, 6) is -0.989. The maximum Gasteiger partial charge on any atom is 0.265 e. The van der Waals surface area contributed by atoms with Crippen LogP contribution >= 0.6 is 11.3 Å². The smallest absolute Gasteiger partial charge is 0.265 e. The Morgan fingerprint density at radius 3 is 2.48 bits per heavy atom. The van der Waals surface area contributed by atoms with Crippen LogP contribution in [0.1, 0.15) is 21.9 Å². The Morgan fingerprint density at radius 1 is 1.16 bits per heavy atom. The van der Waals surface area contributed by atoms with E-state index in [4.69, 9.17) is 9.56 Å². The van der Waals surface area contributed by atoms with Gasteiger partial charge in [0.05, 0.1) is 34.7 Å². The molecular formula is C20H17N3O6S2. The molecule has 0 saturated carbocycles. The second-order valence-corrected chi connectivity index (χ2v) is 9.33. The number of anilines is 1. The van der Waals surface area contributed by atoms with E-state index in [0.29, 0.717) is 10.6 Å². The zero-order valence-corrected chi connectivity index (χ0v) is 17.6. The van der Waals surface area contributed by atoms with E-state index < -0.39 is 27.9 Å². The Kier molecular flexibility index (Phi) is 5.48. The molecule has 2 N–H and O–H groups in total. The first-order valence-corrected chi connectivity index (χ1v) is 11.5. The average molecular weight is 460 g/mol. The Bertz CT molecular complexity index is 1220. The minimum Gasteiger partial charge on any atom is -0.467 e. The normalized spacial score (nSPS) is 16.7. The van der Waals surface area contributed by atoms with Crippen molar-refractivity contribution in [1.29, 1.82) is 0 Å². The molecule has 1 aliphatic rings. The van der Waals surface area contributed by atoms with Gasteiger partial charge in [0, 0.05) is 0 Å². The minimum atomic E-state index is -3.91. The number of furan rings is 1. The van der Waals surface area contributed by atoms with Gasteiger partial charge in [-0.15, -0.1) is 11.3 Å². The summed E-state index contributed by atoms with van der Waals surface area (Å²) < 4.78 is 28.2. The lowest BCUT2D eigenvalue weighted by Gasteiger charge is -2.26. The van der Waals surface area contributed by atoms with Crippen LogP contribution in [0.3, 0.4) is 0 Å². The fraction of sp³-hybridized carbons (Fsp3) is 0.150. The van der Waals surface area contributed by atoms with Crippen LogP contribution in [0, 0.1) is 0 Å². The summed E-state index contributed by atoms with van der Waals surface area (Å²) in [5.41, 5.74) is 0.200. The van der Waals surface area contributed by atoms with Crippen LogP contribution in [0.15, 0.2) is 69.5 Å². The van der Waals surface area contributed by atoms with Gasteiger partial charge in [-0.2, -0.15) is 0 Å². The van der Waals surface area contributed by atoms with Crippen molar-refractivity contribution in [3.8, 4) is 0 Å². The van der Waals surface area contributed by atoms with Gasteiger partial charge in [0.15, 0.2) is 0 Å². The third-order valence-corrected chi connectivity index (χ3v) is 6.61. The first kappa shape index (κ1) is 21.0. The first-order valence-electron chi connectivity index (χ1n) is 9.12. The number of hydrogen-bond donors (Lipinski definition) is 1. The molecule has 0 aliphatic carbocycles. The fourth-order valence-electron chi connectivity index (χ4n) is 3.35. The highest BCUT2D eigenvalue weighted by molar-refractivity contribution is 7.89. The first-order chi connectivity index (χ1) is 14.8. The highest BCUT2D eigenvalue weighted by Gasteiger charge is 2.45. The summed E-state index contributed by atoms with van der Waals surface area (Å²) in [6.45, 7) is 0.0195. The number of carbonyl (C=O) groups excluding carboxylic acids is 3. The Labute approximate surface area is 181 Å². The summed E-state index contributed by atoms with van der Waals surface area (Å²) in [7, 11) is -3.91. The van der Waals surface area contributed by atoms with Crippen LogP contribution < -0.4 is 10.0 Å². The van der Waals surface area contributed by atoms with Gasteiger partial charge in [0.1, 0.15) is 11.8 Å². The highest BCUT2D eigenvalue weighted by atomic mass is 32.2. The van der Waals surface area contributed by atoms with E-state index in [1.165, 1.54) is 46.8 Å². The number of benzene rings is 1. The molecule has 3 aromatic rings. The van der Waals surface area contributed by atoms with E-state index >= 15 is 0 Å². The summed E-state index contributed by atoms with van der Waals surface area (Å²) in [5, 5.41) is 6.84. The summed E-state index contributed by atoms with van der Waals surface area (Å²) in [4.78, 5) is 41.6. The number of imide groups is 1. The average Bonchev–Trinajstić information content (AvgIpc) is 3.48. The van der Waals surface area contributed by atoms with Gasteiger partial charge >= 0.3 is 0 Å². The molecule has 11 heteroatoms. The molecule has 1 atom stereocenters. The molecule has 0 spiro atoms. The van der Waals surface area contributed by atoms with Gasteiger partial charge in [-0.1, -0.05) is 6.07 Å². The fourth-order valence-corrected chi connectivity index (χ4v) is 4.55. The van der Waals surface area contributed by atoms with E-state index in [1.54, 1.807) is 29.6 Å². The largest absolute Gasteiger partial charge is 0.467 e. The summed E-state index contributed by atoms with van der Waals surface area (Å²) in [6, 6.07) is 10.8. The quantitative estimate of drug-likeness (QED) is 0.561. The van der Waals surface area contributed by atoms with Crippen molar-refractivity contribution in [1.82, 2.24) is 4.90 Å². The number of nitrogens with zero attached hydrogens (tertiary/aromatic N) is 2. The lowest BCUT2D eigenvalue weighted by molar-refractivity contribution is -0.122. The predicted molar refractivity (Wildman–Crippen MR) is 112 cm³/mol. The molecule has 9 nitrogen and oxygen atoms in total. The second-order valence-electron chi connectivity index (χ2n) is 6.82. The third-order valence-electron chi connectivity index (χ3n) is 4.82. The minimum absolute atomic E-state index is 0.0195. The van der Waals surface area contributed by atoms with Crippen LogP contribution in [0.5, 0.6) is 0 Å². The molecular weight excluding hydrogens is 442 g/mol. The highest BCUT2D eigenvalue weighted by Crippen LogP contribution is 2.29. The van der Waals surface area contributed by atoms with E-state index in [2.05, 4.69) is 0 Å². The van der Waals surface area contributed by atoms with Gasteiger partial charge in [0.25, 0.3) is 11.8 Å². The summed E-state index contributed by atoms with van der Waals surface area (Å²) >= 11 is 1.23. The molecule has 1 aromatic carbocycles. The van der Waals surface area contributed by atoms with Gasteiger partial charge in [-0.25, -0.2) is 18.5 Å². The van der Waals surface area contributed by atoms with Crippen molar-refractivity contribution in [3.63, 3.8) is 0 Å². The molecule has 4 rings (SSSR count). The molecule has 1 unspecified atom stereocenters. The topological polar surface area (TPSA) is 131 Å². The number of carbonyl (C=O) groups is 3. The van der Waals surface area contributed by atoms with Gasteiger partial charge in [0.2, 0.25) is 15.9 Å². The molecule has 160 valence electrons. The standard InChI is InChI=1S/C20H17N3O6S2/c21-31(27,28)15-7-5-13(6-8-15)23-18(24)11-16(19(23)25)22(12-14-3-1-9-29-14)20(26)17-4-2-10-30-17/h1-10,16H,11-12H2,(H2,21,27,28). The van der Waals surface area contributed by atoms with Crippen LogP contribution in [0.4, 0.5) is 5.69 Å². The van der Waals surface area contributed by atoms with Crippen molar-refractivity contribution in [2.75, 3.05) is 4.90 Å². The maximum atomic E-state index is 13.2. The number of nitrogens with two attached hydrogens (primary N) is 1. The van der Waals surface area contributed by atoms with Crippen LogP contribution in [0.2, 0.25) is 0 Å². The molecule has 3 heterocycles.